The first-order valence-corrected chi connectivity index (χ1v) is 12.5. The lowest BCUT2D eigenvalue weighted by molar-refractivity contribution is -0.130. The standard InChI is InChI=1S/C24H29FN2O4S/c25-21-6-4-5-20(17-21)24(11-15-31-16-12-24)23(28)26-18-19-9-13-27(14-10-19)32(29,30)22-7-2-1-3-8-22/h1-8,17,19H,9-16,18H2,(H,26,28). The van der Waals surface area contributed by atoms with Gasteiger partial charge in [-0.1, -0.05) is 30.3 Å². The molecule has 0 aliphatic carbocycles. The van der Waals surface area contributed by atoms with Crippen molar-refractivity contribution in [3.05, 3.63) is 66.0 Å². The molecule has 2 saturated heterocycles. The maximum Gasteiger partial charge on any atom is 0.243 e. The molecule has 32 heavy (non-hydrogen) atoms. The number of amides is 1. The summed E-state index contributed by atoms with van der Waals surface area (Å²) in [5, 5.41) is 3.08. The number of piperidine rings is 1. The molecular formula is C24H29FN2O4S. The Kier molecular flexibility index (Phi) is 6.93. The van der Waals surface area contributed by atoms with Gasteiger partial charge in [-0.3, -0.25) is 4.79 Å². The Morgan fingerprint density at radius 1 is 1.06 bits per heavy atom. The zero-order valence-electron chi connectivity index (χ0n) is 18.0. The topological polar surface area (TPSA) is 75.7 Å². The zero-order chi connectivity index (χ0) is 22.6. The van der Waals surface area contributed by atoms with Crippen LogP contribution in [0.25, 0.3) is 0 Å². The van der Waals surface area contributed by atoms with Crippen LogP contribution in [0.5, 0.6) is 0 Å². The van der Waals surface area contributed by atoms with Crippen LogP contribution in [0.2, 0.25) is 0 Å². The SMILES string of the molecule is O=C(NCC1CCN(S(=O)(=O)c2ccccc2)CC1)C1(c2cccc(F)c2)CCOCC1. The number of sulfonamides is 1. The minimum atomic E-state index is -3.49. The number of carbonyl (C=O) groups excluding carboxylic acids is 1. The van der Waals surface area contributed by atoms with Gasteiger partial charge in [-0.05, 0) is 61.4 Å². The third-order valence-corrected chi connectivity index (χ3v) is 8.58. The predicted octanol–water partition coefficient (Wildman–Crippen LogP) is 3.09. The van der Waals surface area contributed by atoms with Crippen LogP contribution in [0.3, 0.4) is 0 Å². The summed E-state index contributed by atoms with van der Waals surface area (Å²) in [4.78, 5) is 13.6. The molecule has 1 N–H and O–H groups in total. The fourth-order valence-electron chi connectivity index (χ4n) is 4.65. The average molecular weight is 461 g/mol. The molecule has 0 spiro atoms. The Morgan fingerprint density at radius 3 is 2.41 bits per heavy atom. The van der Waals surface area contributed by atoms with Crippen molar-refractivity contribution in [3.63, 3.8) is 0 Å². The number of halogens is 1. The molecular weight excluding hydrogens is 431 g/mol. The van der Waals surface area contributed by atoms with Gasteiger partial charge < -0.3 is 10.1 Å². The number of ether oxygens (including phenoxy) is 1. The van der Waals surface area contributed by atoms with E-state index in [0.29, 0.717) is 69.0 Å². The first-order valence-electron chi connectivity index (χ1n) is 11.1. The van der Waals surface area contributed by atoms with Gasteiger partial charge in [0.25, 0.3) is 0 Å². The van der Waals surface area contributed by atoms with Crippen molar-refractivity contribution in [2.75, 3.05) is 32.8 Å². The summed E-state index contributed by atoms with van der Waals surface area (Å²) in [6.07, 6.45) is 2.39. The van der Waals surface area contributed by atoms with Gasteiger partial charge in [-0.15, -0.1) is 0 Å². The van der Waals surface area contributed by atoms with Crippen LogP contribution >= 0.6 is 0 Å². The summed E-state index contributed by atoms with van der Waals surface area (Å²) in [5.74, 6) is -0.260. The second-order valence-corrected chi connectivity index (χ2v) is 10.5. The molecule has 2 heterocycles. The Balaban J connectivity index is 1.37. The fourth-order valence-corrected chi connectivity index (χ4v) is 6.15. The molecule has 0 radical (unpaired) electrons. The summed E-state index contributed by atoms with van der Waals surface area (Å²) in [7, 11) is -3.49. The highest BCUT2D eigenvalue weighted by Crippen LogP contribution is 2.35. The molecule has 2 aromatic rings. The summed E-state index contributed by atoms with van der Waals surface area (Å²) in [6.45, 7) is 2.26. The van der Waals surface area contributed by atoms with E-state index in [1.165, 1.54) is 16.4 Å². The first kappa shape index (κ1) is 22.9. The summed E-state index contributed by atoms with van der Waals surface area (Å²) in [6, 6.07) is 14.7. The first-order chi connectivity index (χ1) is 15.4. The number of nitrogens with one attached hydrogen (secondary N) is 1. The molecule has 0 aromatic heterocycles. The van der Waals surface area contributed by atoms with Crippen molar-refractivity contribution in [1.29, 1.82) is 0 Å². The zero-order valence-corrected chi connectivity index (χ0v) is 18.8. The highest BCUT2D eigenvalue weighted by molar-refractivity contribution is 7.89. The fraction of sp³-hybridized carbons (Fsp3) is 0.458. The predicted molar refractivity (Wildman–Crippen MR) is 119 cm³/mol. The molecule has 172 valence electrons. The Labute approximate surface area is 188 Å². The smallest absolute Gasteiger partial charge is 0.243 e. The van der Waals surface area contributed by atoms with E-state index in [2.05, 4.69) is 5.32 Å². The van der Waals surface area contributed by atoms with Gasteiger partial charge in [0.1, 0.15) is 5.82 Å². The molecule has 0 bridgehead atoms. The molecule has 6 nitrogen and oxygen atoms in total. The van der Waals surface area contributed by atoms with Gasteiger partial charge >= 0.3 is 0 Å². The third kappa shape index (κ3) is 4.72. The molecule has 4 rings (SSSR count). The minimum Gasteiger partial charge on any atom is -0.381 e. The lowest BCUT2D eigenvalue weighted by Crippen LogP contribution is -2.50. The maximum atomic E-state index is 13.9. The molecule has 0 saturated carbocycles. The number of hydrogen-bond donors (Lipinski definition) is 1. The van der Waals surface area contributed by atoms with Gasteiger partial charge in [0, 0.05) is 32.8 Å². The second-order valence-electron chi connectivity index (χ2n) is 8.58. The number of carbonyl (C=O) groups is 1. The molecule has 2 aliphatic rings. The number of nitrogens with zero attached hydrogens (tertiary/aromatic N) is 1. The molecule has 0 atom stereocenters. The van der Waals surface area contributed by atoms with Gasteiger partial charge in [-0.2, -0.15) is 4.31 Å². The maximum absolute atomic E-state index is 13.9. The quantitative estimate of drug-likeness (QED) is 0.719. The van der Waals surface area contributed by atoms with E-state index in [-0.39, 0.29) is 17.6 Å². The number of rotatable bonds is 6. The highest BCUT2D eigenvalue weighted by Gasteiger charge is 2.42. The van der Waals surface area contributed by atoms with Crippen LogP contribution in [0, 0.1) is 11.7 Å². The van der Waals surface area contributed by atoms with Gasteiger partial charge in [0.2, 0.25) is 15.9 Å². The lowest BCUT2D eigenvalue weighted by Gasteiger charge is -2.37. The van der Waals surface area contributed by atoms with E-state index in [0.717, 1.165) is 0 Å². The van der Waals surface area contributed by atoms with Crippen LogP contribution in [-0.4, -0.2) is 51.5 Å². The van der Waals surface area contributed by atoms with Crippen molar-refractivity contribution in [3.8, 4) is 0 Å². The third-order valence-electron chi connectivity index (χ3n) is 6.66. The lowest BCUT2D eigenvalue weighted by atomic mass is 9.73. The van der Waals surface area contributed by atoms with E-state index < -0.39 is 15.4 Å². The van der Waals surface area contributed by atoms with Gasteiger partial charge in [0.15, 0.2) is 0 Å². The van der Waals surface area contributed by atoms with Crippen LogP contribution in [0.4, 0.5) is 4.39 Å². The summed E-state index contributed by atoms with van der Waals surface area (Å²) >= 11 is 0. The monoisotopic (exact) mass is 460 g/mol. The van der Waals surface area contributed by atoms with Crippen LogP contribution in [-0.2, 0) is 25.0 Å². The van der Waals surface area contributed by atoms with Crippen molar-refractivity contribution in [2.24, 2.45) is 5.92 Å². The van der Waals surface area contributed by atoms with Gasteiger partial charge in [0.05, 0.1) is 10.3 Å². The van der Waals surface area contributed by atoms with Crippen LogP contribution in [0.15, 0.2) is 59.5 Å². The molecule has 1 amide bonds. The van der Waals surface area contributed by atoms with E-state index in [9.17, 15) is 17.6 Å². The number of benzene rings is 2. The van der Waals surface area contributed by atoms with Gasteiger partial charge in [-0.25, -0.2) is 12.8 Å². The van der Waals surface area contributed by atoms with Crippen molar-refractivity contribution >= 4 is 15.9 Å². The van der Waals surface area contributed by atoms with E-state index in [1.54, 1.807) is 42.5 Å². The van der Waals surface area contributed by atoms with E-state index in [4.69, 9.17) is 4.74 Å². The van der Waals surface area contributed by atoms with Crippen LogP contribution < -0.4 is 5.32 Å². The molecule has 2 aromatic carbocycles. The molecule has 2 aliphatic heterocycles. The van der Waals surface area contributed by atoms with Crippen molar-refractivity contribution in [2.45, 2.75) is 36.0 Å². The highest BCUT2D eigenvalue weighted by atomic mass is 32.2. The molecule has 2 fully saturated rings. The molecule has 8 heteroatoms. The average Bonchev–Trinajstić information content (AvgIpc) is 2.84. The van der Waals surface area contributed by atoms with Crippen molar-refractivity contribution < 1.29 is 22.3 Å². The Bertz CT molecular complexity index is 1030. The second kappa shape index (κ2) is 9.68. The van der Waals surface area contributed by atoms with E-state index in [1.807, 2.05) is 0 Å². The summed E-state index contributed by atoms with van der Waals surface area (Å²) < 4.78 is 46.5. The summed E-state index contributed by atoms with van der Waals surface area (Å²) in [5.41, 5.74) is -0.111. The normalized spacial score (nSPS) is 20.0. The van der Waals surface area contributed by atoms with Crippen molar-refractivity contribution in [1.82, 2.24) is 9.62 Å². The Hall–Kier alpha value is -2.29. The van der Waals surface area contributed by atoms with Crippen LogP contribution in [0.1, 0.15) is 31.2 Å². The molecule has 0 unspecified atom stereocenters. The Morgan fingerprint density at radius 2 is 1.75 bits per heavy atom. The van der Waals surface area contributed by atoms with E-state index >= 15 is 0 Å². The minimum absolute atomic E-state index is 0.106. The number of hydrogen-bond acceptors (Lipinski definition) is 4. The largest absolute Gasteiger partial charge is 0.381 e.